The summed E-state index contributed by atoms with van der Waals surface area (Å²) in [7, 11) is 0. The molecular formula is C13H25NO. The van der Waals surface area contributed by atoms with Crippen molar-refractivity contribution < 1.29 is 5.11 Å². The van der Waals surface area contributed by atoms with Crippen LogP contribution < -0.4 is 0 Å². The smallest absolute Gasteiger partial charge is 0.0474 e. The van der Waals surface area contributed by atoms with Crippen LogP contribution in [0.25, 0.3) is 0 Å². The lowest BCUT2D eigenvalue weighted by Gasteiger charge is -2.35. The van der Waals surface area contributed by atoms with Crippen LogP contribution in [-0.4, -0.2) is 36.2 Å². The Morgan fingerprint density at radius 1 is 1.00 bits per heavy atom. The highest BCUT2D eigenvalue weighted by Gasteiger charge is 2.28. The molecule has 1 heterocycles. The monoisotopic (exact) mass is 211 g/mol. The molecule has 0 bridgehead atoms. The van der Waals surface area contributed by atoms with Gasteiger partial charge in [0, 0.05) is 13.2 Å². The van der Waals surface area contributed by atoms with Gasteiger partial charge in [0.05, 0.1) is 0 Å². The van der Waals surface area contributed by atoms with E-state index in [1.807, 2.05) is 0 Å². The Labute approximate surface area is 93.7 Å². The van der Waals surface area contributed by atoms with Crippen LogP contribution in [-0.2, 0) is 0 Å². The molecule has 1 unspecified atom stereocenters. The molecule has 0 radical (unpaired) electrons. The van der Waals surface area contributed by atoms with E-state index in [9.17, 15) is 5.11 Å². The molecule has 1 N–H and O–H groups in total. The zero-order valence-electron chi connectivity index (χ0n) is 9.83. The van der Waals surface area contributed by atoms with Gasteiger partial charge in [-0.3, -0.25) is 0 Å². The minimum Gasteiger partial charge on any atom is -0.396 e. The summed E-state index contributed by atoms with van der Waals surface area (Å²) in [5.74, 6) is 1.40. The maximum absolute atomic E-state index is 9.44. The van der Waals surface area contributed by atoms with Crippen LogP contribution >= 0.6 is 0 Å². The fourth-order valence-corrected chi connectivity index (χ4v) is 2.92. The molecule has 0 aromatic carbocycles. The minimum atomic E-state index is 0.404. The van der Waals surface area contributed by atoms with E-state index in [4.69, 9.17) is 0 Å². The summed E-state index contributed by atoms with van der Waals surface area (Å²) in [6.07, 6.45) is 9.65. The highest BCUT2D eigenvalue weighted by molar-refractivity contribution is 4.80. The molecule has 1 aliphatic carbocycles. The van der Waals surface area contributed by atoms with Gasteiger partial charge < -0.3 is 10.0 Å². The highest BCUT2D eigenvalue weighted by Crippen LogP contribution is 2.33. The van der Waals surface area contributed by atoms with Crippen LogP contribution in [0, 0.1) is 11.8 Å². The van der Waals surface area contributed by atoms with Crippen molar-refractivity contribution in [1.29, 1.82) is 0 Å². The van der Waals surface area contributed by atoms with Gasteiger partial charge in [0.15, 0.2) is 0 Å². The van der Waals surface area contributed by atoms with Gasteiger partial charge in [0.1, 0.15) is 0 Å². The minimum absolute atomic E-state index is 0.404. The molecule has 2 fully saturated rings. The van der Waals surface area contributed by atoms with Gasteiger partial charge in [-0.1, -0.05) is 32.1 Å². The highest BCUT2D eigenvalue weighted by atomic mass is 16.3. The van der Waals surface area contributed by atoms with Crippen LogP contribution in [0.15, 0.2) is 0 Å². The molecule has 0 spiro atoms. The number of nitrogens with zero attached hydrogens (tertiary/aromatic N) is 1. The van der Waals surface area contributed by atoms with E-state index in [1.54, 1.807) is 0 Å². The Bertz CT molecular complexity index is 171. The van der Waals surface area contributed by atoms with E-state index in [0.717, 1.165) is 12.5 Å². The van der Waals surface area contributed by atoms with E-state index in [0.29, 0.717) is 12.5 Å². The molecule has 0 amide bonds. The van der Waals surface area contributed by atoms with Crippen LogP contribution in [0.1, 0.15) is 44.9 Å². The maximum atomic E-state index is 9.44. The summed E-state index contributed by atoms with van der Waals surface area (Å²) in [6, 6.07) is 0. The maximum Gasteiger partial charge on any atom is 0.0474 e. The average Bonchev–Trinajstić information content (AvgIpc) is 2.42. The topological polar surface area (TPSA) is 23.5 Å². The fraction of sp³-hybridized carbons (Fsp3) is 1.00. The van der Waals surface area contributed by atoms with Crippen LogP contribution in [0.5, 0.6) is 0 Å². The number of hydrogen-bond donors (Lipinski definition) is 1. The zero-order valence-corrected chi connectivity index (χ0v) is 9.83. The molecule has 2 heteroatoms. The molecule has 0 aromatic heterocycles. The molecule has 15 heavy (non-hydrogen) atoms. The molecule has 2 aliphatic rings. The molecule has 1 saturated heterocycles. The van der Waals surface area contributed by atoms with Gasteiger partial charge >= 0.3 is 0 Å². The first-order valence-corrected chi connectivity index (χ1v) is 6.73. The molecular weight excluding hydrogens is 186 g/mol. The average molecular weight is 211 g/mol. The molecule has 2 nitrogen and oxygen atoms in total. The number of hydrogen-bond acceptors (Lipinski definition) is 2. The molecule has 1 saturated carbocycles. The SMILES string of the molecule is OCC(CN1CCCCCC1)C1CCC1. The van der Waals surface area contributed by atoms with Crippen molar-refractivity contribution in [2.24, 2.45) is 11.8 Å². The standard InChI is InChI=1S/C13H25NO/c15-11-13(12-6-5-7-12)10-14-8-3-1-2-4-9-14/h12-13,15H,1-11H2. The second-order valence-corrected chi connectivity index (χ2v) is 5.35. The molecule has 2 rings (SSSR count). The van der Waals surface area contributed by atoms with Gasteiger partial charge in [0.2, 0.25) is 0 Å². The van der Waals surface area contributed by atoms with E-state index in [2.05, 4.69) is 4.90 Å². The van der Waals surface area contributed by atoms with Crippen molar-refractivity contribution in [3.8, 4) is 0 Å². The summed E-state index contributed by atoms with van der Waals surface area (Å²) < 4.78 is 0. The molecule has 1 aliphatic heterocycles. The fourth-order valence-electron chi connectivity index (χ4n) is 2.92. The van der Waals surface area contributed by atoms with Gasteiger partial charge in [-0.25, -0.2) is 0 Å². The van der Waals surface area contributed by atoms with Crippen LogP contribution in [0.4, 0.5) is 0 Å². The van der Waals surface area contributed by atoms with E-state index < -0.39 is 0 Å². The van der Waals surface area contributed by atoms with Crippen molar-refractivity contribution >= 4 is 0 Å². The van der Waals surface area contributed by atoms with Gasteiger partial charge in [0.25, 0.3) is 0 Å². The lowest BCUT2D eigenvalue weighted by Crippen LogP contribution is -2.37. The first kappa shape index (κ1) is 11.4. The number of likely N-dealkylation sites (tertiary alicyclic amines) is 1. The predicted molar refractivity (Wildman–Crippen MR) is 62.8 cm³/mol. The van der Waals surface area contributed by atoms with Gasteiger partial charge in [-0.05, 0) is 37.8 Å². The third kappa shape index (κ3) is 3.18. The van der Waals surface area contributed by atoms with Crippen LogP contribution in [0.2, 0.25) is 0 Å². The Hall–Kier alpha value is -0.0800. The lowest BCUT2D eigenvalue weighted by molar-refractivity contribution is 0.0855. The predicted octanol–water partition coefficient (Wildman–Crippen LogP) is 2.27. The second-order valence-electron chi connectivity index (χ2n) is 5.35. The summed E-state index contributed by atoms with van der Waals surface area (Å²) >= 11 is 0. The summed E-state index contributed by atoms with van der Waals surface area (Å²) in [6.45, 7) is 4.09. The van der Waals surface area contributed by atoms with Gasteiger partial charge in [-0.15, -0.1) is 0 Å². The summed E-state index contributed by atoms with van der Waals surface area (Å²) in [5.41, 5.74) is 0. The molecule has 1 atom stereocenters. The summed E-state index contributed by atoms with van der Waals surface area (Å²) in [4.78, 5) is 2.59. The molecule has 0 aromatic rings. The van der Waals surface area contributed by atoms with Crippen molar-refractivity contribution in [3.05, 3.63) is 0 Å². The Balaban J connectivity index is 1.76. The van der Waals surface area contributed by atoms with E-state index in [-0.39, 0.29) is 0 Å². The first-order valence-electron chi connectivity index (χ1n) is 6.73. The third-order valence-corrected chi connectivity index (χ3v) is 4.24. The number of aliphatic hydroxyl groups is 1. The number of aliphatic hydroxyl groups excluding tert-OH is 1. The van der Waals surface area contributed by atoms with Crippen molar-refractivity contribution in [3.63, 3.8) is 0 Å². The Kier molecular flexibility index (Phi) is 4.45. The third-order valence-electron chi connectivity index (χ3n) is 4.24. The molecule has 88 valence electrons. The van der Waals surface area contributed by atoms with Crippen molar-refractivity contribution in [1.82, 2.24) is 4.90 Å². The second kappa shape index (κ2) is 5.86. The largest absolute Gasteiger partial charge is 0.396 e. The van der Waals surface area contributed by atoms with E-state index in [1.165, 1.54) is 58.0 Å². The quantitative estimate of drug-likeness (QED) is 0.771. The lowest BCUT2D eigenvalue weighted by atomic mass is 9.76. The van der Waals surface area contributed by atoms with Gasteiger partial charge in [-0.2, -0.15) is 0 Å². The zero-order chi connectivity index (χ0) is 10.5. The Morgan fingerprint density at radius 3 is 2.13 bits per heavy atom. The van der Waals surface area contributed by atoms with E-state index >= 15 is 0 Å². The normalized spacial score (nSPS) is 27.0. The number of rotatable bonds is 4. The first-order chi connectivity index (χ1) is 7.40. The van der Waals surface area contributed by atoms with Crippen LogP contribution in [0.3, 0.4) is 0 Å². The van der Waals surface area contributed by atoms with Crippen molar-refractivity contribution in [2.75, 3.05) is 26.2 Å². The Morgan fingerprint density at radius 2 is 1.67 bits per heavy atom. The van der Waals surface area contributed by atoms with Crippen molar-refractivity contribution in [2.45, 2.75) is 44.9 Å². The summed E-state index contributed by atoms with van der Waals surface area (Å²) in [5, 5.41) is 9.44.